The zero-order valence-electron chi connectivity index (χ0n) is 16.7. The Morgan fingerprint density at radius 1 is 1.38 bits per heavy atom. The van der Waals surface area contributed by atoms with Gasteiger partial charge in [-0.2, -0.15) is 5.10 Å². The smallest absolute Gasteiger partial charge is 0.224 e. The predicted octanol–water partition coefficient (Wildman–Crippen LogP) is 2.86. The minimum atomic E-state index is 0.0460. The van der Waals surface area contributed by atoms with Crippen LogP contribution in [0.3, 0.4) is 0 Å². The summed E-state index contributed by atoms with van der Waals surface area (Å²) in [6, 6.07) is 3.88. The molecule has 1 N–H and O–H groups in total. The summed E-state index contributed by atoms with van der Waals surface area (Å²) in [5.74, 6) is 1.73. The molecule has 2 fully saturated rings. The number of piperidine rings is 1. The molecule has 0 bridgehead atoms. The first-order valence-corrected chi connectivity index (χ1v) is 10.8. The minimum absolute atomic E-state index is 0.0460. The molecule has 0 radical (unpaired) electrons. The van der Waals surface area contributed by atoms with Gasteiger partial charge in [0.15, 0.2) is 10.6 Å². The Labute approximate surface area is 176 Å². The van der Waals surface area contributed by atoms with Gasteiger partial charge in [-0.3, -0.25) is 19.2 Å². The number of carbonyl (C=O) groups excluding carboxylic acids is 1. The van der Waals surface area contributed by atoms with Crippen molar-refractivity contribution < 1.29 is 4.79 Å². The highest BCUT2D eigenvalue weighted by molar-refractivity contribution is 7.71. The van der Waals surface area contributed by atoms with Crippen LogP contribution in [-0.2, 0) is 18.0 Å². The Morgan fingerprint density at radius 3 is 2.97 bits per heavy atom. The lowest BCUT2D eigenvalue weighted by Crippen LogP contribution is -2.44. The number of hydrogen-bond acceptors (Lipinski definition) is 5. The molecule has 2 aromatic heterocycles. The third kappa shape index (κ3) is 4.82. The summed E-state index contributed by atoms with van der Waals surface area (Å²) in [6.45, 7) is 7.55. The molecule has 0 aromatic carbocycles. The summed E-state index contributed by atoms with van der Waals surface area (Å²) in [6.07, 6.45) is 9.83. The lowest BCUT2D eigenvalue weighted by Gasteiger charge is -2.31. The largest absolute Gasteiger partial charge is 0.356 e. The van der Waals surface area contributed by atoms with Crippen LogP contribution in [0.4, 0.5) is 0 Å². The van der Waals surface area contributed by atoms with Gasteiger partial charge in [0.1, 0.15) is 0 Å². The fourth-order valence-corrected chi connectivity index (χ4v) is 4.09. The molecule has 1 atom stereocenters. The van der Waals surface area contributed by atoms with E-state index in [4.69, 9.17) is 17.3 Å². The number of nitrogens with zero attached hydrogens (tertiary/aromatic N) is 5. The van der Waals surface area contributed by atoms with Crippen LogP contribution < -0.4 is 5.32 Å². The van der Waals surface area contributed by atoms with Crippen LogP contribution in [0.1, 0.15) is 25.7 Å². The summed E-state index contributed by atoms with van der Waals surface area (Å²) in [4.78, 5) is 19.0. The van der Waals surface area contributed by atoms with Crippen molar-refractivity contribution in [2.45, 2.75) is 38.9 Å². The van der Waals surface area contributed by atoms with Gasteiger partial charge in [-0.05, 0) is 62.5 Å². The van der Waals surface area contributed by atoms with E-state index >= 15 is 0 Å². The van der Waals surface area contributed by atoms with Crippen molar-refractivity contribution in [1.29, 1.82) is 0 Å². The standard InChI is InChI=1S/C21H28N6OS/c1-2-10-26-19(17-5-3-9-22-13-17)24-27(21(26)29)15-25-11-4-6-18(14-25)20(28)23-12-16-7-8-16/h2-3,5,9,13,16,18H,1,4,6-8,10-12,14-15H2,(H,23,28). The van der Waals surface area contributed by atoms with Gasteiger partial charge in [0.25, 0.3) is 0 Å². The molecule has 8 heteroatoms. The van der Waals surface area contributed by atoms with Gasteiger partial charge in [-0.25, -0.2) is 4.68 Å². The predicted molar refractivity (Wildman–Crippen MR) is 115 cm³/mol. The maximum Gasteiger partial charge on any atom is 0.224 e. The third-order valence-electron chi connectivity index (χ3n) is 5.63. The molecule has 1 amide bonds. The maximum atomic E-state index is 12.5. The number of carbonyl (C=O) groups is 1. The highest BCUT2D eigenvalue weighted by atomic mass is 32.1. The summed E-state index contributed by atoms with van der Waals surface area (Å²) < 4.78 is 4.48. The molecule has 1 aliphatic heterocycles. The van der Waals surface area contributed by atoms with E-state index in [1.165, 1.54) is 12.8 Å². The lowest BCUT2D eigenvalue weighted by molar-refractivity contribution is -0.127. The quantitative estimate of drug-likeness (QED) is 0.533. The van der Waals surface area contributed by atoms with Crippen LogP contribution in [0.15, 0.2) is 37.2 Å². The molecule has 1 aliphatic carbocycles. The third-order valence-corrected chi connectivity index (χ3v) is 6.06. The van der Waals surface area contributed by atoms with E-state index < -0.39 is 0 Å². The highest BCUT2D eigenvalue weighted by Crippen LogP contribution is 2.28. The molecule has 0 spiro atoms. The molecule has 7 nitrogen and oxygen atoms in total. The van der Waals surface area contributed by atoms with Crippen molar-refractivity contribution in [2.75, 3.05) is 19.6 Å². The molecule has 2 aromatic rings. The number of aromatic nitrogens is 4. The first-order chi connectivity index (χ1) is 14.2. The van der Waals surface area contributed by atoms with Gasteiger partial charge in [-0.15, -0.1) is 6.58 Å². The summed E-state index contributed by atoms with van der Waals surface area (Å²) in [5, 5.41) is 7.91. The van der Waals surface area contributed by atoms with E-state index in [-0.39, 0.29) is 11.8 Å². The van der Waals surface area contributed by atoms with Crippen LogP contribution in [0.2, 0.25) is 0 Å². The minimum Gasteiger partial charge on any atom is -0.356 e. The number of pyridine rings is 1. The second-order valence-corrected chi connectivity index (χ2v) is 8.36. The van der Waals surface area contributed by atoms with Crippen molar-refractivity contribution in [3.8, 4) is 11.4 Å². The number of amides is 1. The van der Waals surface area contributed by atoms with E-state index in [0.717, 1.165) is 43.9 Å². The van der Waals surface area contributed by atoms with Crippen molar-refractivity contribution in [1.82, 2.24) is 29.5 Å². The monoisotopic (exact) mass is 412 g/mol. The Morgan fingerprint density at radius 2 is 2.24 bits per heavy atom. The Bertz CT molecular complexity index is 917. The fraction of sp³-hybridized carbons (Fsp3) is 0.524. The second kappa shape index (κ2) is 9.00. The molecule has 29 heavy (non-hydrogen) atoms. The molecule has 1 saturated heterocycles. The van der Waals surface area contributed by atoms with Crippen LogP contribution in [-0.4, -0.2) is 49.8 Å². The van der Waals surface area contributed by atoms with Gasteiger partial charge in [-0.1, -0.05) is 6.08 Å². The molecular formula is C21H28N6OS. The Balaban J connectivity index is 1.47. The Kier molecular flexibility index (Phi) is 6.20. The average Bonchev–Trinajstić information content (AvgIpc) is 3.53. The van der Waals surface area contributed by atoms with Gasteiger partial charge < -0.3 is 5.32 Å². The van der Waals surface area contributed by atoms with Crippen molar-refractivity contribution in [3.05, 3.63) is 42.0 Å². The molecule has 2 aliphatic rings. The van der Waals surface area contributed by atoms with Crippen LogP contribution in [0.25, 0.3) is 11.4 Å². The van der Waals surface area contributed by atoms with E-state index in [1.807, 2.05) is 27.5 Å². The summed E-state index contributed by atoms with van der Waals surface area (Å²) in [5.41, 5.74) is 0.926. The fourth-order valence-electron chi connectivity index (χ4n) is 3.83. The second-order valence-electron chi connectivity index (χ2n) is 7.99. The lowest BCUT2D eigenvalue weighted by atomic mass is 9.97. The van der Waals surface area contributed by atoms with Crippen molar-refractivity contribution >= 4 is 18.1 Å². The zero-order chi connectivity index (χ0) is 20.2. The van der Waals surface area contributed by atoms with Crippen molar-refractivity contribution in [3.63, 3.8) is 0 Å². The van der Waals surface area contributed by atoms with Gasteiger partial charge in [0.2, 0.25) is 5.91 Å². The Hall–Kier alpha value is -2.32. The molecule has 1 unspecified atom stereocenters. The molecule has 154 valence electrons. The van der Waals surface area contributed by atoms with E-state index in [0.29, 0.717) is 23.9 Å². The first-order valence-electron chi connectivity index (χ1n) is 10.3. The van der Waals surface area contributed by atoms with Gasteiger partial charge in [0, 0.05) is 37.6 Å². The van der Waals surface area contributed by atoms with Gasteiger partial charge >= 0.3 is 0 Å². The van der Waals surface area contributed by atoms with Crippen molar-refractivity contribution in [2.24, 2.45) is 11.8 Å². The number of hydrogen-bond donors (Lipinski definition) is 1. The zero-order valence-corrected chi connectivity index (χ0v) is 17.5. The molecule has 1 saturated carbocycles. The van der Waals surface area contributed by atoms with Crippen LogP contribution >= 0.6 is 12.2 Å². The van der Waals surface area contributed by atoms with E-state index in [9.17, 15) is 4.79 Å². The summed E-state index contributed by atoms with van der Waals surface area (Å²) >= 11 is 5.69. The first kappa shape index (κ1) is 20.0. The number of rotatable bonds is 8. The normalized spacial score (nSPS) is 19.8. The molecule has 4 rings (SSSR count). The highest BCUT2D eigenvalue weighted by Gasteiger charge is 2.28. The SMILES string of the molecule is C=CCn1c(-c2cccnc2)nn(CN2CCCC(C(=O)NCC3CC3)C2)c1=S. The van der Waals surface area contributed by atoms with E-state index in [1.54, 1.807) is 12.4 Å². The molecule has 3 heterocycles. The number of nitrogens with one attached hydrogen (secondary N) is 1. The number of likely N-dealkylation sites (tertiary alicyclic amines) is 1. The topological polar surface area (TPSA) is 68.0 Å². The molecular weight excluding hydrogens is 384 g/mol. The van der Waals surface area contributed by atoms with Crippen LogP contribution in [0.5, 0.6) is 0 Å². The van der Waals surface area contributed by atoms with Crippen LogP contribution in [0, 0.1) is 16.6 Å². The van der Waals surface area contributed by atoms with E-state index in [2.05, 4.69) is 21.8 Å². The number of allylic oxidation sites excluding steroid dienone is 1. The maximum absolute atomic E-state index is 12.5. The average molecular weight is 413 g/mol. The summed E-state index contributed by atoms with van der Waals surface area (Å²) in [7, 11) is 0. The van der Waals surface area contributed by atoms with Gasteiger partial charge in [0.05, 0.1) is 12.6 Å².